The number of rotatable bonds is 6. The first kappa shape index (κ1) is 33.9. The van der Waals surface area contributed by atoms with Crippen LogP contribution < -0.4 is 20.4 Å². The van der Waals surface area contributed by atoms with E-state index in [4.69, 9.17) is 18.2 Å². The molecule has 13 heteroatoms. The molecule has 3 saturated heterocycles. The molecule has 5 heterocycles. The van der Waals surface area contributed by atoms with E-state index in [-0.39, 0.29) is 30.8 Å². The molecule has 2 N–H and O–H groups in total. The van der Waals surface area contributed by atoms with Crippen LogP contribution in [0.2, 0.25) is 5.02 Å². The molecular formula is C39H38ClN7O5. The largest absolute Gasteiger partial charge is 0.371 e. The first-order valence-electron chi connectivity index (χ1n) is 17.8. The van der Waals surface area contributed by atoms with Crippen LogP contribution in [0.3, 0.4) is 0 Å². The van der Waals surface area contributed by atoms with Gasteiger partial charge in [0.2, 0.25) is 17.5 Å². The molecule has 266 valence electrons. The predicted octanol–water partition coefficient (Wildman–Crippen LogP) is 4.67. The van der Waals surface area contributed by atoms with Crippen LogP contribution >= 0.6 is 11.6 Å². The minimum Gasteiger partial charge on any atom is -0.371 e. The van der Waals surface area contributed by atoms with Crippen molar-refractivity contribution in [2.24, 2.45) is 0 Å². The summed E-state index contributed by atoms with van der Waals surface area (Å²) in [7, 11) is 0. The molecule has 5 amide bonds. The van der Waals surface area contributed by atoms with Crippen LogP contribution in [0, 0.1) is 6.57 Å². The van der Waals surface area contributed by atoms with E-state index in [1.807, 2.05) is 48.5 Å². The second-order valence-electron chi connectivity index (χ2n) is 14.4. The molecule has 3 aromatic rings. The van der Waals surface area contributed by atoms with E-state index in [1.54, 1.807) is 6.07 Å². The summed E-state index contributed by atoms with van der Waals surface area (Å²) < 4.78 is 0. The van der Waals surface area contributed by atoms with Gasteiger partial charge in [0.05, 0.1) is 17.7 Å². The van der Waals surface area contributed by atoms with Crippen LogP contribution in [0.25, 0.3) is 4.85 Å². The number of fused-ring (bicyclic) bond motifs is 2. The number of imide groups is 2. The third kappa shape index (κ3) is 6.07. The van der Waals surface area contributed by atoms with E-state index in [9.17, 15) is 24.0 Å². The van der Waals surface area contributed by atoms with Gasteiger partial charge in [-0.15, -0.1) is 0 Å². The minimum atomic E-state index is -0.967. The lowest BCUT2D eigenvalue weighted by atomic mass is 10.0. The molecule has 0 aliphatic carbocycles. The Hall–Kier alpha value is -5.25. The average molecular weight is 720 g/mol. The third-order valence-corrected chi connectivity index (χ3v) is 11.6. The Morgan fingerprint density at radius 1 is 0.904 bits per heavy atom. The summed E-state index contributed by atoms with van der Waals surface area (Å²) >= 11 is 6.28. The molecule has 5 aliphatic rings. The number of halogens is 1. The van der Waals surface area contributed by atoms with Gasteiger partial charge in [-0.3, -0.25) is 39.1 Å². The zero-order chi connectivity index (χ0) is 36.3. The number of hydrogen-bond acceptors (Lipinski definition) is 8. The number of anilines is 2. The van der Waals surface area contributed by atoms with Gasteiger partial charge in [0.1, 0.15) is 6.04 Å². The van der Waals surface area contributed by atoms with Gasteiger partial charge in [-0.2, -0.15) is 0 Å². The average Bonchev–Trinajstić information content (AvgIpc) is 3.80. The lowest BCUT2D eigenvalue weighted by molar-refractivity contribution is -0.136. The Labute approximate surface area is 306 Å². The molecule has 52 heavy (non-hydrogen) atoms. The van der Waals surface area contributed by atoms with Gasteiger partial charge in [0.15, 0.2) is 0 Å². The number of carbonyl (C=O) groups is 5. The maximum atomic E-state index is 13.3. The standard InChI is InChI=1S/C39H38ClN7O5/c1-22-15-26(21-46(22)29-7-8-33(41-2)32(40)18-29)42-36(49)23-3-5-27(6-4-23)44-13-11-28(12-14-44)45-19-24-16-30-31(17-25(24)20-45)39(52)47(38(30)51)34-9-10-35(48)43-37(34)50/h3-8,16-18,22,26,28,34H,9-15,19-21H2,1H3,(H,42,49)(H,43,48,50)/t22-,26+,34?/m0/s1. The monoisotopic (exact) mass is 719 g/mol. The molecule has 3 fully saturated rings. The number of carbonyl (C=O) groups excluding carboxylic acids is 5. The smallest absolute Gasteiger partial charge is 0.262 e. The highest BCUT2D eigenvalue weighted by molar-refractivity contribution is 6.33. The van der Waals surface area contributed by atoms with Crippen molar-refractivity contribution in [1.82, 2.24) is 20.4 Å². The van der Waals surface area contributed by atoms with Crippen LogP contribution in [-0.4, -0.2) is 83.1 Å². The number of nitrogens with one attached hydrogen (secondary N) is 2. The minimum absolute atomic E-state index is 0.00763. The quantitative estimate of drug-likeness (QED) is 0.278. The molecular weight excluding hydrogens is 682 g/mol. The summed E-state index contributed by atoms with van der Waals surface area (Å²) in [4.78, 5) is 75.3. The van der Waals surface area contributed by atoms with E-state index in [0.29, 0.717) is 53.1 Å². The Morgan fingerprint density at radius 2 is 1.56 bits per heavy atom. The number of benzene rings is 3. The van der Waals surface area contributed by atoms with Crippen molar-refractivity contribution in [3.05, 3.63) is 98.9 Å². The van der Waals surface area contributed by atoms with Crippen LogP contribution in [0.4, 0.5) is 17.1 Å². The SMILES string of the molecule is [C-]#[N+]c1ccc(N2C[C@H](NC(=O)c3ccc(N4CCC(N5Cc6cc7c(cc6C5)C(=O)N(C5CCC(=O)NC5=O)C7=O)CC4)cc3)C[C@@H]2C)cc1Cl. The summed E-state index contributed by atoms with van der Waals surface area (Å²) in [5, 5.41) is 5.87. The number of piperidine rings is 2. The Morgan fingerprint density at radius 3 is 2.17 bits per heavy atom. The Kier molecular flexibility index (Phi) is 8.71. The topological polar surface area (TPSA) is 127 Å². The van der Waals surface area contributed by atoms with Crippen molar-refractivity contribution in [2.75, 3.05) is 29.4 Å². The van der Waals surface area contributed by atoms with Crippen LogP contribution in [0.5, 0.6) is 0 Å². The van der Waals surface area contributed by atoms with Crippen LogP contribution in [0.1, 0.15) is 81.2 Å². The summed E-state index contributed by atoms with van der Waals surface area (Å²) in [6, 6.07) is 16.5. The predicted molar refractivity (Wildman–Crippen MR) is 194 cm³/mol. The molecule has 0 aromatic heterocycles. The van der Waals surface area contributed by atoms with Crippen LogP contribution in [0.15, 0.2) is 54.6 Å². The molecule has 12 nitrogen and oxygen atoms in total. The maximum absolute atomic E-state index is 13.3. The number of amides is 5. The van der Waals surface area contributed by atoms with Gasteiger partial charge in [-0.25, -0.2) is 4.85 Å². The Balaban J connectivity index is 0.838. The number of nitrogens with zero attached hydrogens (tertiary/aromatic N) is 5. The van der Waals surface area contributed by atoms with Gasteiger partial charge in [0.25, 0.3) is 17.7 Å². The highest BCUT2D eigenvalue weighted by Gasteiger charge is 2.45. The lowest BCUT2D eigenvalue weighted by Crippen LogP contribution is -2.54. The molecule has 0 bridgehead atoms. The fourth-order valence-electron chi connectivity index (χ4n) is 8.49. The normalized spacial score (nSPS) is 23.5. The van der Waals surface area contributed by atoms with Crippen molar-refractivity contribution >= 4 is 58.2 Å². The molecule has 3 aromatic carbocycles. The van der Waals surface area contributed by atoms with E-state index in [2.05, 4.69) is 37.1 Å². The second kappa shape index (κ2) is 13.4. The zero-order valence-corrected chi connectivity index (χ0v) is 29.5. The van der Waals surface area contributed by atoms with E-state index in [0.717, 1.165) is 59.8 Å². The Bertz CT molecular complexity index is 2010. The summed E-state index contributed by atoms with van der Waals surface area (Å²) in [5.41, 5.74) is 5.79. The van der Waals surface area contributed by atoms with E-state index >= 15 is 0 Å². The van der Waals surface area contributed by atoms with Crippen molar-refractivity contribution in [3.63, 3.8) is 0 Å². The molecule has 1 unspecified atom stereocenters. The second-order valence-corrected chi connectivity index (χ2v) is 14.8. The zero-order valence-electron chi connectivity index (χ0n) is 28.7. The molecule has 0 radical (unpaired) electrons. The first-order chi connectivity index (χ1) is 25.1. The highest BCUT2D eigenvalue weighted by Crippen LogP contribution is 2.36. The fourth-order valence-corrected chi connectivity index (χ4v) is 8.71. The van der Waals surface area contributed by atoms with Crippen molar-refractivity contribution in [3.8, 4) is 0 Å². The fraction of sp³-hybridized carbons (Fsp3) is 0.385. The molecule has 0 saturated carbocycles. The third-order valence-electron chi connectivity index (χ3n) is 11.3. The highest BCUT2D eigenvalue weighted by atomic mass is 35.5. The maximum Gasteiger partial charge on any atom is 0.262 e. The summed E-state index contributed by atoms with van der Waals surface area (Å²) in [5.74, 6) is -2.04. The van der Waals surface area contributed by atoms with E-state index < -0.39 is 29.7 Å². The van der Waals surface area contributed by atoms with Gasteiger partial charge in [-0.1, -0.05) is 17.7 Å². The van der Waals surface area contributed by atoms with Crippen LogP contribution in [-0.2, 0) is 22.7 Å². The summed E-state index contributed by atoms with van der Waals surface area (Å²) in [6.07, 6.45) is 2.96. The number of hydrogen-bond donors (Lipinski definition) is 2. The van der Waals surface area contributed by atoms with Gasteiger partial charge in [-0.05, 0) is 92.3 Å². The molecule has 5 aliphatic heterocycles. The first-order valence-corrected chi connectivity index (χ1v) is 18.2. The van der Waals surface area contributed by atoms with Gasteiger partial charge >= 0.3 is 0 Å². The molecule has 8 rings (SSSR count). The van der Waals surface area contributed by atoms with Gasteiger partial charge in [0, 0.05) is 79.2 Å². The molecule has 3 atom stereocenters. The summed E-state index contributed by atoms with van der Waals surface area (Å²) in [6.45, 7) is 13.1. The van der Waals surface area contributed by atoms with Crippen molar-refractivity contribution < 1.29 is 24.0 Å². The lowest BCUT2D eigenvalue weighted by Gasteiger charge is -2.37. The van der Waals surface area contributed by atoms with Gasteiger partial charge < -0.3 is 15.1 Å². The van der Waals surface area contributed by atoms with E-state index in [1.165, 1.54) is 0 Å². The molecule has 0 spiro atoms. The van der Waals surface area contributed by atoms with Crippen molar-refractivity contribution in [1.29, 1.82) is 0 Å². The van der Waals surface area contributed by atoms with Crippen molar-refractivity contribution in [2.45, 2.75) is 76.3 Å².